The van der Waals surface area contributed by atoms with E-state index in [-0.39, 0.29) is 11.8 Å². The van der Waals surface area contributed by atoms with Gasteiger partial charge in [0.05, 0.1) is 5.92 Å². The summed E-state index contributed by atoms with van der Waals surface area (Å²) in [4.78, 5) is 0. The first kappa shape index (κ1) is 13.4. The second-order valence-electron chi connectivity index (χ2n) is 5.56. The molecule has 5 nitrogen and oxygen atoms in total. The molecule has 2 heterocycles. The third-order valence-corrected chi connectivity index (χ3v) is 4.26. The van der Waals surface area contributed by atoms with Gasteiger partial charge in [-0.15, -0.1) is 5.10 Å². The molecule has 0 fully saturated rings. The van der Waals surface area contributed by atoms with Gasteiger partial charge in [0.15, 0.2) is 0 Å². The molecule has 2 aromatic carbocycles. The number of hydrogen-bond acceptors (Lipinski definition) is 4. The Hall–Kier alpha value is -3.26. The van der Waals surface area contributed by atoms with E-state index in [1.54, 1.807) is 0 Å². The van der Waals surface area contributed by atoms with Gasteiger partial charge in [-0.1, -0.05) is 42.5 Å². The molecule has 0 spiro atoms. The zero-order valence-electron chi connectivity index (χ0n) is 12.5. The van der Waals surface area contributed by atoms with E-state index < -0.39 is 0 Å². The number of nitriles is 1. The van der Waals surface area contributed by atoms with E-state index in [1.165, 1.54) is 0 Å². The highest BCUT2D eigenvalue weighted by molar-refractivity contribution is 5.87. The van der Waals surface area contributed by atoms with Crippen LogP contribution in [0.2, 0.25) is 0 Å². The Morgan fingerprint density at radius 2 is 2.00 bits per heavy atom. The highest BCUT2D eigenvalue weighted by atomic mass is 16.5. The number of ether oxygens (including phenoxy) is 1. The Kier molecular flexibility index (Phi) is 2.85. The van der Waals surface area contributed by atoms with E-state index in [4.69, 9.17) is 10.5 Å². The number of nitrogens with zero attached hydrogens (tertiary/aromatic N) is 2. The number of hydrogen-bond donors (Lipinski definition) is 2. The maximum absolute atomic E-state index is 9.62. The molecule has 3 aromatic rings. The molecule has 1 aliphatic rings. The van der Waals surface area contributed by atoms with Gasteiger partial charge in [0.25, 0.3) is 0 Å². The van der Waals surface area contributed by atoms with Crippen LogP contribution in [0.4, 0.5) is 0 Å². The van der Waals surface area contributed by atoms with Crippen molar-refractivity contribution in [1.29, 1.82) is 5.26 Å². The summed E-state index contributed by atoms with van der Waals surface area (Å²) >= 11 is 0. The number of fused-ring (bicyclic) bond motifs is 2. The highest BCUT2D eigenvalue weighted by Gasteiger charge is 2.34. The molecule has 1 atom stereocenters. The second-order valence-corrected chi connectivity index (χ2v) is 5.56. The Bertz CT molecular complexity index is 988. The molecule has 4 rings (SSSR count). The predicted molar refractivity (Wildman–Crippen MR) is 86.6 cm³/mol. The van der Waals surface area contributed by atoms with Crippen LogP contribution in [0.15, 0.2) is 53.9 Å². The standard InChI is InChI=1S/C18H14N4O/c1-10-15-16(14(9-19)17(20)23-18(15)22-21-10)13-8-4-6-11-5-2-3-7-12(11)13/h2-8,16H,20H2,1H3,(H,21,22). The summed E-state index contributed by atoms with van der Waals surface area (Å²) in [6.07, 6.45) is 0. The summed E-state index contributed by atoms with van der Waals surface area (Å²) in [5, 5.41) is 18.9. The van der Waals surface area contributed by atoms with Gasteiger partial charge in [-0.2, -0.15) is 5.26 Å². The first-order valence-electron chi connectivity index (χ1n) is 7.31. The fourth-order valence-corrected chi connectivity index (χ4v) is 3.21. The summed E-state index contributed by atoms with van der Waals surface area (Å²) in [6, 6.07) is 16.4. The Labute approximate surface area is 133 Å². The number of aromatic amines is 1. The monoisotopic (exact) mass is 302 g/mol. The fraction of sp³-hybridized carbons (Fsp3) is 0.111. The van der Waals surface area contributed by atoms with Crippen LogP contribution in [-0.4, -0.2) is 10.2 Å². The maximum atomic E-state index is 9.62. The van der Waals surface area contributed by atoms with Gasteiger partial charge in [0, 0.05) is 11.3 Å². The molecule has 0 amide bonds. The summed E-state index contributed by atoms with van der Waals surface area (Å²) in [5.41, 5.74) is 9.15. The van der Waals surface area contributed by atoms with E-state index in [0.29, 0.717) is 11.5 Å². The van der Waals surface area contributed by atoms with E-state index >= 15 is 0 Å². The maximum Gasteiger partial charge on any atom is 0.244 e. The summed E-state index contributed by atoms with van der Waals surface area (Å²) in [5.74, 6) is 0.273. The van der Waals surface area contributed by atoms with Crippen molar-refractivity contribution in [2.24, 2.45) is 5.73 Å². The van der Waals surface area contributed by atoms with Crippen molar-refractivity contribution in [1.82, 2.24) is 10.2 Å². The van der Waals surface area contributed by atoms with Crippen LogP contribution < -0.4 is 10.5 Å². The lowest BCUT2D eigenvalue weighted by Crippen LogP contribution is -2.21. The molecular weight excluding hydrogens is 288 g/mol. The zero-order chi connectivity index (χ0) is 16.0. The molecule has 1 unspecified atom stereocenters. The largest absolute Gasteiger partial charge is 0.420 e. The van der Waals surface area contributed by atoms with Crippen LogP contribution in [0.3, 0.4) is 0 Å². The van der Waals surface area contributed by atoms with Crippen molar-refractivity contribution in [2.75, 3.05) is 0 Å². The van der Waals surface area contributed by atoms with E-state index in [1.807, 2.05) is 31.2 Å². The third kappa shape index (κ3) is 1.89. The minimum atomic E-state index is -0.284. The SMILES string of the molecule is Cc1[nH]nc2c1C(c1cccc3ccccc13)C(C#N)=C(N)O2. The number of nitrogens with one attached hydrogen (secondary N) is 1. The topological polar surface area (TPSA) is 87.7 Å². The molecule has 0 saturated heterocycles. The molecule has 1 aromatic heterocycles. The molecule has 23 heavy (non-hydrogen) atoms. The average molecular weight is 302 g/mol. The molecule has 3 N–H and O–H groups in total. The molecular formula is C18H14N4O. The molecule has 1 aliphatic heterocycles. The number of allylic oxidation sites excluding steroid dienone is 1. The van der Waals surface area contributed by atoms with Crippen molar-refractivity contribution >= 4 is 10.8 Å². The smallest absolute Gasteiger partial charge is 0.244 e. The van der Waals surface area contributed by atoms with Crippen LogP contribution in [0.5, 0.6) is 5.88 Å². The lowest BCUT2D eigenvalue weighted by atomic mass is 9.82. The van der Waals surface area contributed by atoms with Gasteiger partial charge >= 0.3 is 0 Å². The first-order valence-corrected chi connectivity index (χ1v) is 7.31. The zero-order valence-corrected chi connectivity index (χ0v) is 12.5. The highest BCUT2D eigenvalue weighted by Crippen LogP contribution is 2.44. The molecule has 0 radical (unpaired) electrons. The third-order valence-electron chi connectivity index (χ3n) is 4.26. The normalized spacial score (nSPS) is 16.8. The van der Waals surface area contributed by atoms with Crippen LogP contribution in [0.25, 0.3) is 10.8 Å². The second kappa shape index (κ2) is 4.89. The van der Waals surface area contributed by atoms with Gasteiger partial charge in [-0.3, -0.25) is 5.10 Å². The summed E-state index contributed by atoms with van der Waals surface area (Å²) in [6.45, 7) is 1.92. The van der Waals surface area contributed by atoms with E-state index in [2.05, 4.69) is 34.5 Å². The van der Waals surface area contributed by atoms with Crippen molar-refractivity contribution < 1.29 is 4.74 Å². The molecule has 0 aliphatic carbocycles. The average Bonchev–Trinajstić information content (AvgIpc) is 2.94. The number of nitrogens with two attached hydrogens (primary N) is 1. The number of aryl methyl sites for hydroxylation is 1. The van der Waals surface area contributed by atoms with Crippen LogP contribution in [-0.2, 0) is 0 Å². The fourth-order valence-electron chi connectivity index (χ4n) is 3.21. The van der Waals surface area contributed by atoms with E-state index in [9.17, 15) is 5.26 Å². The van der Waals surface area contributed by atoms with E-state index in [0.717, 1.165) is 27.6 Å². The van der Waals surface area contributed by atoms with Crippen molar-refractivity contribution in [3.05, 3.63) is 70.7 Å². The summed E-state index contributed by atoms with van der Waals surface area (Å²) in [7, 11) is 0. The molecule has 0 saturated carbocycles. The molecule has 112 valence electrons. The van der Waals surface area contributed by atoms with Crippen molar-refractivity contribution in [3.63, 3.8) is 0 Å². The van der Waals surface area contributed by atoms with Gasteiger partial charge in [-0.25, -0.2) is 0 Å². The van der Waals surface area contributed by atoms with Gasteiger partial charge < -0.3 is 10.5 Å². The lowest BCUT2D eigenvalue weighted by Gasteiger charge is -2.24. The lowest BCUT2D eigenvalue weighted by molar-refractivity contribution is 0.379. The van der Waals surface area contributed by atoms with Crippen molar-refractivity contribution in [3.8, 4) is 11.9 Å². The molecule has 0 bridgehead atoms. The summed E-state index contributed by atoms with van der Waals surface area (Å²) < 4.78 is 5.51. The Balaban J connectivity index is 2.06. The van der Waals surface area contributed by atoms with Gasteiger partial charge in [-0.05, 0) is 23.3 Å². The van der Waals surface area contributed by atoms with Crippen LogP contribution in [0, 0.1) is 18.3 Å². The number of benzene rings is 2. The first-order chi connectivity index (χ1) is 11.2. The minimum Gasteiger partial charge on any atom is -0.420 e. The Morgan fingerprint density at radius 1 is 1.22 bits per heavy atom. The quantitative estimate of drug-likeness (QED) is 0.723. The van der Waals surface area contributed by atoms with Crippen LogP contribution >= 0.6 is 0 Å². The minimum absolute atomic E-state index is 0.115. The van der Waals surface area contributed by atoms with Crippen molar-refractivity contribution in [2.45, 2.75) is 12.8 Å². The number of aromatic nitrogens is 2. The Morgan fingerprint density at radius 3 is 2.83 bits per heavy atom. The van der Waals surface area contributed by atoms with Gasteiger partial charge in [0.2, 0.25) is 11.8 Å². The van der Waals surface area contributed by atoms with Gasteiger partial charge in [0.1, 0.15) is 11.6 Å². The van der Waals surface area contributed by atoms with Crippen LogP contribution in [0.1, 0.15) is 22.7 Å². The molecule has 5 heteroatoms. The number of rotatable bonds is 1. The predicted octanol–water partition coefficient (Wildman–Crippen LogP) is 3.09. The number of H-pyrrole nitrogens is 1.